The predicted octanol–water partition coefficient (Wildman–Crippen LogP) is 2.94. The highest BCUT2D eigenvalue weighted by atomic mass is 15.2. The Kier molecular flexibility index (Phi) is 2.49. The number of pyridine rings is 1. The Labute approximate surface area is 117 Å². The summed E-state index contributed by atoms with van der Waals surface area (Å²) in [5, 5.41) is 0. The van der Waals surface area contributed by atoms with Gasteiger partial charge in [-0.25, -0.2) is 9.97 Å². The molecule has 1 aliphatic rings. The average Bonchev–Trinajstić information content (AvgIpc) is 3.20. The van der Waals surface area contributed by atoms with Crippen LogP contribution in [-0.2, 0) is 6.42 Å². The van der Waals surface area contributed by atoms with Crippen molar-refractivity contribution in [2.24, 2.45) is 0 Å². The zero-order valence-electron chi connectivity index (χ0n) is 11.2. The Morgan fingerprint density at radius 2 is 2.10 bits per heavy atom. The van der Waals surface area contributed by atoms with Crippen molar-refractivity contribution in [1.29, 1.82) is 0 Å². The van der Waals surface area contributed by atoms with Crippen LogP contribution in [0.1, 0.15) is 30.3 Å². The number of benzene rings is 1. The van der Waals surface area contributed by atoms with Crippen molar-refractivity contribution in [3.63, 3.8) is 0 Å². The second-order valence-corrected chi connectivity index (χ2v) is 5.40. The van der Waals surface area contributed by atoms with Crippen molar-refractivity contribution in [3.05, 3.63) is 54.0 Å². The van der Waals surface area contributed by atoms with Crippen LogP contribution < -0.4 is 5.73 Å². The van der Waals surface area contributed by atoms with E-state index < -0.39 is 0 Å². The number of nitrogens with zero attached hydrogens (tertiary/aromatic N) is 3. The Hall–Kier alpha value is -2.36. The molecule has 0 atom stereocenters. The van der Waals surface area contributed by atoms with Gasteiger partial charge in [0.25, 0.3) is 0 Å². The monoisotopic (exact) mass is 264 g/mol. The lowest BCUT2D eigenvalue weighted by Crippen LogP contribution is -2.03. The standard InChI is InChI=1S/C16H16N4/c17-12-4-1-3-11(9-12)10-15-19-14-5-2-8-18-16(14)20(15)13-6-7-13/h1-5,8-9,13H,6-7,10,17H2. The van der Waals surface area contributed by atoms with Crippen LogP contribution in [0, 0.1) is 0 Å². The number of aromatic nitrogens is 3. The number of fused-ring (bicyclic) bond motifs is 1. The average molecular weight is 264 g/mol. The van der Waals surface area contributed by atoms with E-state index >= 15 is 0 Å². The fourth-order valence-electron chi connectivity index (χ4n) is 2.70. The van der Waals surface area contributed by atoms with Crippen molar-refractivity contribution in [2.75, 3.05) is 5.73 Å². The molecular formula is C16H16N4. The van der Waals surface area contributed by atoms with Gasteiger partial charge in [0, 0.05) is 24.3 Å². The summed E-state index contributed by atoms with van der Waals surface area (Å²) in [6.07, 6.45) is 5.10. The highest BCUT2D eigenvalue weighted by Crippen LogP contribution is 2.38. The Morgan fingerprint density at radius 3 is 2.90 bits per heavy atom. The molecular weight excluding hydrogens is 248 g/mol. The number of nitrogens with two attached hydrogens (primary N) is 1. The minimum atomic E-state index is 0.575. The third-order valence-electron chi connectivity index (χ3n) is 3.75. The fraction of sp³-hybridized carbons (Fsp3) is 0.250. The van der Waals surface area contributed by atoms with Gasteiger partial charge in [-0.05, 0) is 42.7 Å². The maximum absolute atomic E-state index is 5.86. The van der Waals surface area contributed by atoms with Crippen molar-refractivity contribution >= 4 is 16.9 Å². The Morgan fingerprint density at radius 1 is 1.20 bits per heavy atom. The molecule has 0 radical (unpaired) electrons. The molecule has 4 nitrogen and oxygen atoms in total. The molecule has 2 heterocycles. The SMILES string of the molecule is Nc1cccc(Cc2nc3cccnc3n2C2CC2)c1. The van der Waals surface area contributed by atoms with Gasteiger partial charge in [0.15, 0.2) is 5.65 Å². The zero-order chi connectivity index (χ0) is 13.5. The molecule has 1 saturated carbocycles. The van der Waals surface area contributed by atoms with Crippen molar-refractivity contribution in [3.8, 4) is 0 Å². The van der Waals surface area contributed by atoms with Gasteiger partial charge in [0.2, 0.25) is 0 Å². The van der Waals surface area contributed by atoms with Gasteiger partial charge in [0.1, 0.15) is 11.3 Å². The third kappa shape index (κ3) is 1.93. The molecule has 2 aromatic heterocycles. The first kappa shape index (κ1) is 11.5. The summed E-state index contributed by atoms with van der Waals surface area (Å²) in [6.45, 7) is 0. The predicted molar refractivity (Wildman–Crippen MR) is 79.5 cm³/mol. The van der Waals surface area contributed by atoms with E-state index in [1.54, 1.807) is 0 Å². The second-order valence-electron chi connectivity index (χ2n) is 5.40. The van der Waals surface area contributed by atoms with E-state index in [4.69, 9.17) is 10.7 Å². The van der Waals surface area contributed by atoms with Crippen molar-refractivity contribution in [2.45, 2.75) is 25.3 Å². The lowest BCUT2D eigenvalue weighted by Gasteiger charge is -2.07. The van der Waals surface area contributed by atoms with E-state index in [-0.39, 0.29) is 0 Å². The summed E-state index contributed by atoms with van der Waals surface area (Å²) < 4.78 is 2.30. The Balaban J connectivity index is 1.81. The Bertz CT molecular complexity index is 771. The summed E-state index contributed by atoms with van der Waals surface area (Å²) in [6, 6.07) is 12.6. The van der Waals surface area contributed by atoms with E-state index in [9.17, 15) is 0 Å². The number of rotatable bonds is 3. The molecule has 4 heteroatoms. The summed E-state index contributed by atoms with van der Waals surface area (Å²) in [5.74, 6) is 1.09. The molecule has 20 heavy (non-hydrogen) atoms. The minimum absolute atomic E-state index is 0.575. The van der Waals surface area contributed by atoms with E-state index in [0.717, 1.165) is 29.1 Å². The minimum Gasteiger partial charge on any atom is -0.399 e. The summed E-state index contributed by atoms with van der Waals surface area (Å²) in [7, 11) is 0. The molecule has 4 rings (SSSR count). The van der Waals surface area contributed by atoms with Crippen LogP contribution in [0.5, 0.6) is 0 Å². The van der Waals surface area contributed by atoms with Gasteiger partial charge in [-0.1, -0.05) is 12.1 Å². The van der Waals surface area contributed by atoms with Crippen LogP contribution >= 0.6 is 0 Å². The van der Waals surface area contributed by atoms with Gasteiger partial charge in [-0.15, -0.1) is 0 Å². The second kappa shape index (κ2) is 4.34. The largest absolute Gasteiger partial charge is 0.399 e. The van der Waals surface area contributed by atoms with Crippen LogP contribution in [0.2, 0.25) is 0 Å². The fourth-order valence-corrected chi connectivity index (χ4v) is 2.70. The van der Waals surface area contributed by atoms with Crippen LogP contribution in [0.15, 0.2) is 42.6 Å². The lowest BCUT2D eigenvalue weighted by atomic mass is 10.1. The molecule has 0 bridgehead atoms. The molecule has 0 unspecified atom stereocenters. The molecule has 0 amide bonds. The van der Waals surface area contributed by atoms with Gasteiger partial charge in [-0.3, -0.25) is 0 Å². The summed E-state index contributed by atoms with van der Waals surface area (Å²) >= 11 is 0. The van der Waals surface area contributed by atoms with Crippen LogP contribution in [0.3, 0.4) is 0 Å². The first-order chi connectivity index (χ1) is 9.81. The quantitative estimate of drug-likeness (QED) is 0.740. The molecule has 0 aliphatic heterocycles. The van der Waals surface area contributed by atoms with E-state index in [2.05, 4.69) is 15.6 Å². The van der Waals surface area contributed by atoms with Gasteiger partial charge < -0.3 is 10.3 Å². The molecule has 0 saturated heterocycles. The normalized spacial score (nSPS) is 14.8. The van der Waals surface area contributed by atoms with Crippen LogP contribution in [0.25, 0.3) is 11.2 Å². The molecule has 100 valence electrons. The molecule has 1 aliphatic carbocycles. The van der Waals surface area contributed by atoms with Crippen LogP contribution in [-0.4, -0.2) is 14.5 Å². The number of nitrogen functional groups attached to an aromatic ring is 1. The smallest absolute Gasteiger partial charge is 0.160 e. The number of hydrogen-bond acceptors (Lipinski definition) is 3. The maximum atomic E-state index is 5.86. The first-order valence-electron chi connectivity index (χ1n) is 6.97. The third-order valence-corrected chi connectivity index (χ3v) is 3.75. The molecule has 1 fully saturated rings. The van der Waals surface area contributed by atoms with E-state index in [0.29, 0.717) is 6.04 Å². The first-order valence-corrected chi connectivity index (χ1v) is 6.97. The molecule has 3 aromatic rings. The van der Waals surface area contributed by atoms with Crippen LogP contribution in [0.4, 0.5) is 5.69 Å². The lowest BCUT2D eigenvalue weighted by molar-refractivity contribution is 0.709. The number of hydrogen-bond donors (Lipinski definition) is 1. The van der Waals surface area contributed by atoms with Gasteiger partial charge in [-0.2, -0.15) is 0 Å². The maximum Gasteiger partial charge on any atom is 0.160 e. The van der Waals surface area contributed by atoms with Gasteiger partial charge >= 0.3 is 0 Å². The topological polar surface area (TPSA) is 56.7 Å². The highest BCUT2D eigenvalue weighted by Gasteiger charge is 2.28. The number of imidazole rings is 1. The zero-order valence-corrected chi connectivity index (χ0v) is 11.2. The molecule has 2 N–H and O–H groups in total. The van der Waals surface area contributed by atoms with E-state index in [1.807, 2.05) is 36.5 Å². The number of anilines is 1. The summed E-state index contributed by atoms with van der Waals surface area (Å²) in [4.78, 5) is 9.26. The highest BCUT2D eigenvalue weighted by molar-refractivity contribution is 5.71. The van der Waals surface area contributed by atoms with Crippen molar-refractivity contribution < 1.29 is 0 Å². The van der Waals surface area contributed by atoms with Crippen molar-refractivity contribution in [1.82, 2.24) is 14.5 Å². The molecule has 1 aromatic carbocycles. The summed E-state index contributed by atoms with van der Waals surface area (Å²) in [5.41, 5.74) is 9.85. The molecule has 0 spiro atoms. The van der Waals surface area contributed by atoms with Gasteiger partial charge in [0.05, 0.1) is 0 Å². The van der Waals surface area contributed by atoms with E-state index in [1.165, 1.54) is 18.4 Å².